The van der Waals surface area contributed by atoms with Gasteiger partial charge in [0.15, 0.2) is 0 Å². The molecule has 2 aliphatic rings. The Morgan fingerprint density at radius 1 is 1.03 bits per heavy atom. The van der Waals surface area contributed by atoms with Crippen LogP contribution in [-0.4, -0.2) is 39.0 Å². The zero-order valence-electron chi connectivity index (χ0n) is 18.4. The largest absolute Gasteiger partial charge is 0.573 e. The van der Waals surface area contributed by atoms with Crippen molar-refractivity contribution in [2.45, 2.75) is 48.7 Å². The molecule has 2 aromatic rings. The molecule has 14 heteroatoms. The molecule has 6 nitrogen and oxygen atoms in total. The van der Waals surface area contributed by atoms with Crippen LogP contribution in [0.5, 0.6) is 11.5 Å². The van der Waals surface area contributed by atoms with Crippen molar-refractivity contribution in [3.8, 4) is 11.5 Å². The predicted octanol–water partition coefficient (Wildman–Crippen LogP) is 5.60. The average Bonchev–Trinajstić information content (AvgIpc) is 3.17. The number of benzene rings is 2. The van der Waals surface area contributed by atoms with Gasteiger partial charge in [0.05, 0.1) is 18.2 Å². The number of alkyl halides is 6. The second-order valence-corrected chi connectivity index (χ2v) is 9.95. The van der Waals surface area contributed by atoms with Crippen molar-refractivity contribution in [1.29, 1.82) is 0 Å². The van der Waals surface area contributed by atoms with Crippen LogP contribution in [0.15, 0.2) is 48.5 Å². The van der Waals surface area contributed by atoms with Crippen LogP contribution in [0.4, 0.5) is 26.3 Å². The fraction of sp³-hybridized carbons (Fsp3) is 0.455. The molecule has 2 aliphatic heterocycles. The number of piperidine rings is 1. The van der Waals surface area contributed by atoms with E-state index in [0.29, 0.717) is 19.0 Å². The topological polar surface area (TPSA) is 73.9 Å². The number of rotatable bonds is 5. The van der Waals surface area contributed by atoms with Gasteiger partial charge in [-0.2, -0.15) is 21.6 Å². The lowest BCUT2D eigenvalue weighted by Gasteiger charge is -2.41. The van der Waals surface area contributed by atoms with Crippen molar-refractivity contribution in [1.82, 2.24) is 5.32 Å². The summed E-state index contributed by atoms with van der Waals surface area (Å²) in [5.74, 6) is -2.20. The Morgan fingerprint density at radius 2 is 1.72 bits per heavy atom. The molecule has 0 saturated carbocycles. The Labute approximate surface area is 209 Å². The van der Waals surface area contributed by atoms with Crippen LogP contribution in [0.25, 0.3) is 0 Å². The maximum absolute atomic E-state index is 12.9. The summed E-state index contributed by atoms with van der Waals surface area (Å²) in [5.41, 5.74) is -5.79. The molecule has 0 aliphatic carbocycles. The molecule has 2 heterocycles. The molecule has 2 aromatic carbocycles. The minimum absolute atomic E-state index is 0. The lowest BCUT2D eigenvalue weighted by Crippen LogP contribution is -2.48. The molecular formula is C22H22ClF6NO5S. The second kappa shape index (κ2) is 10.3. The molecule has 0 bridgehead atoms. The van der Waals surface area contributed by atoms with Crippen LogP contribution >= 0.6 is 12.4 Å². The van der Waals surface area contributed by atoms with Crippen LogP contribution < -0.4 is 14.2 Å². The molecule has 1 spiro atoms. The third-order valence-corrected chi connectivity index (χ3v) is 7.05. The first kappa shape index (κ1) is 28.4. The minimum atomic E-state index is -6.05. The zero-order chi connectivity index (χ0) is 25.5. The molecule has 1 N–H and O–H groups in total. The van der Waals surface area contributed by atoms with Gasteiger partial charge < -0.3 is 19.0 Å². The van der Waals surface area contributed by atoms with E-state index in [0.717, 1.165) is 24.1 Å². The first-order valence-electron chi connectivity index (χ1n) is 10.6. The minimum Gasteiger partial charge on any atom is -0.406 e. The van der Waals surface area contributed by atoms with Gasteiger partial charge in [-0.15, -0.1) is 25.6 Å². The molecule has 36 heavy (non-hydrogen) atoms. The smallest absolute Gasteiger partial charge is 0.406 e. The van der Waals surface area contributed by atoms with E-state index in [1.165, 1.54) is 0 Å². The number of halogens is 7. The van der Waals surface area contributed by atoms with Crippen molar-refractivity contribution in [2.75, 3.05) is 13.2 Å². The molecule has 200 valence electrons. The highest BCUT2D eigenvalue weighted by Gasteiger charge is 2.51. The standard InChI is InChI=1S/C22H21F6NO5S.ClH/c23-21(24,25)33-16-7-8-18(34-35(30,31)22(26,27)28)17(11-16)15-12-20(32-13-15)9-4-10-29-19(20)14-5-2-1-3-6-14;/h1-3,5-8,11,15,19,29H,4,9-10,12-13H2;1H/t15-,19-,20+;/m0./s1. The van der Waals surface area contributed by atoms with Crippen molar-refractivity contribution in [3.05, 3.63) is 59.7 Å². The third kappa shape index (κ3) is 6.01. The Bertz CT molecular complexity index is 1160. The zero-order valence-corrected chi connectivity index (χ0v) is 20.1. The summed E-state index contributed by atoms with van der Waals surface area (Å²) in [4.78, 5) is 0. The molecule has 2 saturated heterocycles. The lowest BCUT2D eigenvalue weighted by atomic mass is 9.77. The van der Waals surface area contributed by atoms with Gasteiger partial charge in [0, 0.05) is 11.5 Å². The van der Waals surface area contributed by atoms with Crippen molar-refractivity contribution >= 4 is 22.5 Å². The number of hydrogen-bond donors (Lipinski definition) is 1. The molecule has 0 aromatic heterocycles. The summed E-state index contributed by atoms with van der Waals surface area (Å²) < 4.78 is 115. The van der Waals surface area contributed by atoms with Crippen LogP contribution in [0.3, 0.4) is 0 Å². The quantitative estimate of drug-likeness (QED) is 0.291. The fourth-order valence-corrected chi connectivity index (χ4v) is 5.17. The molecule has 3 atom stereocenters. The first-order valence-corrected chi connectivity index (χ1v) is 12.0. The highest BCUT2D eigenvalue weighted by atomic mass is 35.5. The van der Waals surface area contributed by atoms with Crippen LogP contribution in [0.2, 0.25) is 0 Å². The highest BCUT2D eigenvalue weighted by Crippen LogP contribution is 2.50. The number of hydrogen-bond acceptors (Lipinski definition) is 6. The van der Waals surface area contributed by atoms with E-state index in [-0.39, 0.29) is 37.0 Å². The van der Waals surface area contributed by atoms with Gasteiger partial charge in [0.1, 0.15) is 11.5 Å². The van der Waals surface area contributed by atoms with Gasteiger partial charge in [-0.05, 0) is 49.6 Å². The van der Waals surface area contributed by atoms with E-state index in [1.807, 2.05) is 30.3 Å². The Kier molecular flexibility index (Phi) is 8.09. The van der Waals surface area contributed by atoms with Gasteiger partial charge in [-0.1, -0.05) is 30.3 Å². The first-order chi connectivity index (χ1) is 16.3. The maximum atomic E-state index is 12.9. The summed E-state index contributed by atoms with van der Waals surface area (Å²) in [6.45, 7) is 0.630. The normalized spacial score (nSPS) is 24.8. The molecule has 0 unspecified atom stereocenters. The fourth-order valence-electron chi connectivity index (χ4n) is 4.69. The van der Waals surface area contributed by atoms with E-state index in [9.17, 15) is 34.8 Å². The molecule has 0 radical (unpaired) electrons. The van der Waals surface area contributed by atoms with Gasteiger partial charge >= 0.3 is 22.0 Å². The third-order valence-electron chi connectivity index (χ3n) is 6.09. The molecule has 4 rings (SSSR count). The van der Waals surface area contributed by atoms with Gasteiger partial charge in [0.25, 0.3) is 0 Å². The number of ether oxygens (including phenoxy) is 2. The van der Waals surface area contributed by atoms with E-state index in [4.69, 9.17) is 4.74 Å². The van der Waals surface area contributed by atoms with Crippen molar-refractivity contribution in [2.24, 2.45) is 0 Å². The summed E-state index contributed by atoms with van der Waals surface area (Å²) >= 11 is 0. The van der Waals surface area contributed by atoms with Crippen molar-refractivity contribution < 1.29 is 48.4 Å². The second-order valence-electron chi connectivity index (χ2n) is 8.41. The average molecular weight is 562 g/mol. The van der Waals surface area contributed by atoms with Crippen molar-refractivity contribution in [3.63, 3.8) is 0 Å². The van der Waals surface area contributed by atoms with E-state index in [2.05, 4.69) is 14.2 Å². The SMILES string of the molecule is Cl.O=S(=O)(Oc1ccc(OC(F)(F)F)cc1[C@@H]1CO[C@]2(CCCN[C@H]2c2ccccc2)C1)C(F)(F)F. The summed E-state index contributed by atoms with van der Waals surface area (Å²) in [6.07, 6.45) is -3.53. The lowest BCUT2D eigenvalue weighted by molar-refractivity contribution is -0.274. The van der Waals surface area contributed by atoms with Crippen LogP contribution in [-0.2, 0) is 14.9 Å². The summed E-state index contributed by atoms with van der Waals surface area (Å²) in [5, 5.41) is 3.38. The molecular weight excluding hydrogens is 540 g/mol. The van der Waals surface area contributed by atoms with E-state index < -0.39 is 45.0 Å². The highest BCUT2D eigenvalue weighted by molar-refractivity contribution is 7.88. The van der Waals surface area contributed by atoms with Gasteiger partial charge in [-0.25, -0.2) is 0 Å². The van der Waals surface area contributed by atoms with Crippen LogP contribution in [0.1, 0.15) is 42.3 Å². The predicted molar refractivity (Wildman–Crippen MR) is 118 cm³/mol. The number of nitrogens with one attached hydrogen (secondary N) is 1. The Hall–Kier alpha value is -2.22. The van der Waals surface area contributed by atoms with Gasteiger partial charge in [0.2, 0.25) is 0 Å². The monoisotopic (exact) mass is 561 g/mol. The summed E-state index contributed by atoms with van der Waals surface area (Å²) in [7, 11) is -6.05. The Balaban J connectivity index is 0.00000361. The maximum Gasteiger partial charge on any atom is 0.573 e. The Morgan fingerprint density at radius 3 is 2.36 bits per heavy atom. The van der Waals surface area contributed by atoms with Crippen LogP contribution in [0, 0.1) is 0 Å². The molecule has 0 amide bonds. The van der Waals surface area contributed by atoms with E-state index in [1.54, 1.807) is 0 Å². The van der Waals surface area contributed by atoms with Gasteiger partial charge in [-0.3, -0.25) is 0 Å². The van der Waals surface area contributed by atoms with E-state index >= 15 is 0 Å². The molecule has 2 fully saturated rings. The summed E-state index contributed by atoms with van der Waals surface area (Å²) in [6, 6.07) is 11.3.